The van der Waals surface area contributed by atoms with Crippen molar-refractivity contribution in [1.29, 1.82) is 0 Å². The SMILES string of the molecule is Cc1cc(C(=O)Nc2ccc(S(=O)(=O)NCCC(C)C)cc2)c(C)n1-c1nccs1. The van der Waals surface area contributed by atoms with Crippen molar-refractivity contribution in [2.24, 2.45) is 5.92 Å². The topological polar surface area (TPSA) is 93.1 Å². The Labute approximate surface area is 181 Å². The van der Waals surface area contributed by atoms with E-state index < -0.39 is 10.0 Å². The first kappa shape index (κ1) is 22.2. The van der Waals surface area contributed by atoms with Crippen LogP contribution in [0.25, 0.3) is 5.13 Å². The summed E-state index contributed by atoms with van der Waals surface area (Å²) in [6.45, 7) is 8.28. The number of nitrogens with one attached hydrogen (secondary N) is 2. The maximum atomic E-state index is 12.8. The minimum Gasteiger partial charge on any atom is -0.322 e. The molecule has 0 saturated heterocycles. The lowest BCUT2D eigenvalue weighted by molar-refractivity contribution is 0.102. The zero-order valence-corrected chi connectivity index (χ0v) is 19.1. The molecule has 0 aliphatic rings. The van der Waals surface area contributed by atoms with Crippen LogP contribution < -0.4 is 10.0 Å². The molecular formula is C21H26N4O3S2. The van der Waals surface area contributed by atoms with Gasteiger partial charge in [-0.2, -0.15) is 0 Å². The van der Waals surface area contributed by atoms with Gasteiger partial charge in [0.25, 0.3) is 5.91 Å². The second kappa shape index (κ2) is 9.11. The molecular weight excluding hydrogens is 420 g/mol. The fourth-order valence-electron chi connectivity index (χ4n) is 3.09. The van der Waals surface area contributed by atoms with Crippen LogP contribution in [0.5, 0.6) is 0 Å². The third-order valence-electron chi connectivity index (χ3n) is 4.72. The van der Waals surface area contributed by atoms with Gasteiger partial charge < -0.3 is 5.32 Å². The Balaban J connectivity index is 1.72. The van der Waals surface area contributed by atoms with E-state index >= 15 is 0 Å². The van der Waals surface area contributed by atoms with Gasteiger partial charge in [-0.1, -0.05) is 13.8 Å². The highest BCUT2D eigenvalue weighted by Crippen LogP contribution is 2.23. The van der Waals surface area contributed by atoms with E-state index in [4.69, 9.17) is 0 Å². The molecule has 7 nitrogen and oxygen atoms in total. The maximum Gasteiger partial charge on any atom is 0.257 e. The molecule has 0 aliphatic carbocycles. The summed E-state index contributed by atoms with van der Waals surface area (Å²) in [5.41, 5.74) is 2.80. The molecule has 0 fully saturated rings. The standard InChI is InChI=1S/C21H26N4O3S2/c1-14(2)9-10-23-30(27,28)18-7-5-17(6-8-18)24-20(26)19-13-15(3)25(16(19)4)21-22-11-12-29-21/h5-8,11-14,23H,9-10H2,1-4H3,(H,24,26). The molecule has 3 rings (SSSR count). The summed E-state index contributed by atoms with van der Waals surface area (Å²) in [6.07, 6.45) is 2.50. The van der Waals surface area contributed by atoms with Crippen LogP contribution >= 0.6 is 11.3 Å². The Bertz CT molecular complexity index is 1120. The van der Waals surface area contributed by atoms with Gasteiger partial charge >= 0.3 is 0 Å². The number of amides is 1. The highest BCUT2D eigenvalue weighted by molar-refractivity contribution is 7.89. The van der Waals surface area contributed by atoms with E-state index in [0.717, 1.165) is 22.9 Å². The molecule has 9 heteroatoms. The largest absolute Gasteiger partial charge is 0.322 e. The Morgan fingerprint density at radius 3 is 2.50 bits per heavy atom. The zero-order chi connectivity index (χ0) is 21.9. The van der Waals surface area contributed by atoms with Gasteiger partial charge in [0.2, 0.25) is 10.0 Å². The van der Waals surface area contributed by atoms with E-state index in [1.165, 1.54) is 23.5 Å². The van der Waals surface area contributed by atoms with Crippen molar-refractivity contribution in [3.63, 3.8) is 0 Å². The number of hydrogen-bond donors (Lipinski definition) is 2. The van der Waals surface area contributed by atoms with Gasteiger partial charge in [-0.05, 0) is 56.5 Å². The third-order valence-corrected chi connectivity index (χ3v) is 6.96. The van der Waals surface area contributed by atoms with Crippen molar-refractivity contribution in [3.8, 4) is 5.13 Å². The Kier molecular flexibility index (Phi) is 6.74. The summed E-state index contributed by atoms with van der Waals surface area (Å²) in [6, 6.07) is 7.99. The number of thiazole rings is 1. The fourth-order valence-corrected chi connectivity index (χ4v) is 4.89. The third kappa shape index (κ3) is 4.97. The summed E-state index contributed by atoms with van der Waals surface area (Å²) in [5, 5.41) is 5.54. The summed E-state index contributed by atoms with van der Waals surface area (Å²) in [7, 11) is -3.56. The number of aryl methyl sites for hydroxylation is 1. The molecule has 1 aromatic carbocycles. The molecule has 0 unspecified atom stereocenters. The van der Waals surface area contributed by atoms with Crippen LogP contribution in [0.3, 0.4) is 0 Å². The maximum absolute atomic E-state index is 12.8. The lowest BCUT2D eigenvalue weighted by atomic mass is 10.1. The number of nitrogens with zero attached hydrogens (tertiary/aromatic N) is 2. The first-order chi connectivity index (χ1) is 14.2. The Morgan fingerprint density at radius 1 is 1.20 bits per heavy atom. The van der Waals surface area contributed by atoms with Gasteiger partial charge in [0.05, 0.1) is 10.5 Å². The number of carbonyl (C=O) groups excluding carboxylic acids is 1. The average molecular weight is 447 g/mol. The molecule has 0 bridgehead atoms. The second-order valence-corrected chi connectivity index (χ2v) is 10.1. The van der Waals surface area contributed by atoms with E-state index in [2.05, 4.69) is 15.0 Å². The molecule has 0 aliphatic heterocycles. The molecule has 30 heavy (non-hydrogen) atoms. The summed E-state index contributed by atoms with van der Waals surface area (Å²) in [5.74, 6) is 0.166. The van der Waals surface area contributed by atoms with E-state index in [1.807, 2.05) is 43.7 Å². The van der Waals surface area contributed by atoms with Crippen molar-refractivity contribution in [3.05, 3.63) is 58.9 Å². The molecule has 0 radical (unpaired) electrons. The molecule has 160 valence electrons. The normalized spacial score (nSPS) is 11.8. The van der Waals surface area contributed by atoms with Gasteiger partial charge in [-0.3, -0.25) is 9.36 Å². The van der Waals surface area contributed by atoms with E-state index in [9.17, 15) is 13.2 Å². The van der Waals surface area contributed by atoms with Crippen LogP contribution in [0.15, 0.2) is 46.8 Å². The number of carbonyl (C=O) groups is 1. The smallest absolute Gasteiger partial charge is 0.257 e. The molecule has 2 aromatic heterocycles. The Hall–Kier alpha value is -2.49. The number of anilines is 1. The van der Waals surface area contributed by atoms with Gasteiger partial charge in [-0.15, -0.1) is 11.3 Å². The molecule has 0 atom stereocenters. The van der Waals surface area contributed by atoms with E-state index in [0.29, 0.717) is 23.7 Å². The first-order valence-corrected chi connectivity index (χ1v) is 12.0. The molecule has 1 amide bonds. The summed E-state index contributed by atoms with van der Waals surface area (Å²) in [4.78, 5) is 17.3. The van der Waals surface area contributed by atoms with Crippen LogP contribution in [0, 0.1) is 19.8 Å². The number of aromatic nitrogens is 2. The van der Waals surface area contributed by atoms with Gasteiger partial charge in [0, 0.05) is 35.2 Å². The molecule has 0 spiro atoms. The minimum absolute atomic E-state index is 0.172. The van der Waals surface area contributed by atoms with Crippen molar-refractivity contribution in [2.75, 3.05) is 11.9 Å². The summed E-state index contributed by atoms with van der Waals surface area (Å²) < 4.78 is 29.3. The lowest BCUT2D eigenvalue weighted by Crippen LogP contribution is -2.25. The second-order valence-electron chi connectivity index (χ2n) is 7.49. The monoisotopic (exact) mass is 446 g/mol. The number of hydrogen-bond acceptors (Lipinski definition) is 5. The molecule has 3 aromatic rings. The average Bonchev–Trinajstić information content (AvgIpc) is 3.29. The van der Waals surface area contributed by atoms with E-state index in [-0.39, 0.29) is 10.8 Å². The first-order valence-electron chi connectivity index (χ1n) is 9.69. The van der Waals surface area contributed by atoms with Crippen molar-refractivity contribution < 1.29 is 13.2 Å². The minimum atomic E-state index is -3.56. The van der Waals surface area contributed by atoms with Crippen LogP contribution in [-0.4, -0.2) is 30.4 Å². The Morgan fingerprint density at radius 2 is 1.90 bits per heavy atom. The van der Waals surface area contributed by atoms with Gasteiger partial charge in [0.1, 0.15) is 0 Å². The summed E-state index contributed by atoms with van der Waals surface area (Å²) >= 11 is 1.50. The highest BCUT2D eigenvalue weighted by atomic mass is 32.2. The van der Waals surface area contributed by atoms with Crippen molar-refractivity contribution in [2.45, 2.75) is 39.0 Å². The van der Waals surface area contributed by atoms with Crippen LogP contribution in [0.1, 0.15) is 42.0 Å². The zero-order valence-electron chi connectivity index (χ0n) is 17.5. The number of benzene rings is 1. The molecule has 2 N–H and O–H groups in total. The number of sulfonamides is 1. The molecule has 0 saturated carbocycles. The fraction of sp³-hybridized carbons (Fsp3) is 0.333. The van der Waals surface area contributed by atoms with Gasteiger partial charge in [0.15, 0.2) is 5.13 Å². The highest BCUT2D eigenvalue weighted by Gasteiger charge is 2.18. The van der Waals surface area contributed by atoms with E-state index in [1.54, 1.807) is 18.3 Å². The van der Waals surface area contributed by atoms with Crippen LogP contribution in [0.2, 0.25) is 0 Å². The van der Waals surface area contributed by atoms with Crippen molar-refractivity contribution in [1.82, 2.24) is 14.3 Å². The lowest BCUT2D eigenvalue weighted by Gasteiger charge is -2.10. The molecule has 2 heterocycles. The van der Waals surface area contributed by atoms with Gasteiger partial charge in [-0.25, -0.2) is 18.1 Å². The van der Waals surface area contributed by atoms with Crippen LogP contribution in [-0.2, 0) is 10.0 Å². The predicted molar refractivity (Wildman–Crippen MR) is 120 cm³/mol. The van der Waals surface area contributed by atoms with Crippen LogP contribution in [0.4, 0.5) is 5.69 Å². The van der Waals surface area contributed by atoms with Crippen molar-refractivity contribution >= 4 is 33.0 Å². The quantitative estimate of drug-likeness (QED) is 0.544. The predicted octanol–water partition coefficient (Wildman–Crippen LogP) is 4.13. The number of rotatable bonds is 8.